The van der Waals surface area contributed by atoms with Gasteiger partial charge in [0.05, 0.1) is 5.41 Å². The lowest BCUT2D eigenvalue weighted by Gasteiger charge is -2.53. The maximum atomic E-state index is 13.0. The molecule has 1 nitrogen and oxygen atoms in total. The van der Waals surface area contributed by atoms with E-state index in [1.54, 1.807) is 0 Å². The van der Waals surface area contributed by atoms with Crippen LogP contribution in [0.2, 0.25) is 0 Å². The summed E-state index contributed by atoms with van der Waals surface area (Å²) in [4.78, 5) is 11.0. The Morgan fingerprint density at radius 3 is 2.15 bits per heavy atom. The molecule has 3 fully saturated rings. The van der Waals surface area contributed by atoms with Crippen molar-refractivity contribution in [2.45, 2.75) is 46.0 Å². The van der Waals surface area contributed by atoms with E-state index < -0.39 is 11.5 Å². The molecule has 0 spiro atoms. The van der Waals surface area contributed by atoms with Gasteiger partial charge in [-0.1, -0.05) is 6.92 Å². The standard InChI is InChI=1S/C11H17FO/c1-10-5-3-8(4-6-10)11(2,7-10)9(12)13/h8H,3-7H2,1-2H3. The van der Waals surface area contributed by atoms with Gasteiger partial charge >= 0.3 is 6.04 Å². The van der Waals surface area contributed by atoms with Crippen LogP contribution in [0.3, 0.4) is 0 Å². The van der Waals surface area contributed by atoms with Gasteiger partial charge < -0.3 is 0 Å². The van der Waals surface area contributed by atoms with E-state index in [9.17, 15) is 9.18 Å². The molecule has 74 valence electrons. The van der Waals surface area contributed by atoms with Gasteiger partial charge in [0.1, 0.15) is 0 Å². The summed E-state index contributed by atoms with van der Waals surface area (Å²) in [5.74, 6) is 0.312. The normalized spacial score (nSPS) is 49.3. The zero-order chi connectivity index (χ0) is 9.69. The van der Waals surface area contributed by atoms with Gasteiger partial charge in [0, 0.05) is 0 Å². The highest BCUT2D eigenvalue weighted by Crippen LogP contribution is 2.58. The minimum Gasteiger partial charge on any atom is -0.261 e. The van der Waals surface area contributed by atoms with Gasteiger partial charge in [0.15, 0.2) is 0 Å². The van der Waals surface area contributed by atoms with E-state index in [0.717, 1.165) is 19.3 Å². The molecule has 1 atom stereocenters. The molecule has 0 aromatic rings. The van der Waals surface area contributed by atoms with Gasteiger partial charge in [-0.15, -0.1) is 0 Å². The molecular formula is C11H17FO. The van der Waals surface area contributed by atoms with Crippen LogP contribution in [-0.4, -0.2) is 6.04 Å². The van der Waals surface area contributed by atoms with E-state index >= 15 is 0 Å². The Balaban J connectivity index is 2.29. The first-order valence-corrected chi connectivity index (χ1v) is 5.16. The molecule has 13 heavy (non-hydrogen) atoms. The van der Waals surface area contributed by atoms with Crippen molar-refractivity contribution in [3.8, 4) is 0 Å². The maximum Gasteiger partial charge on any atom is 0.307 e. The quantitative estimate of drug-likeness (QED) is 0.572. The van der Waals surface area contributed by atoms with Crippen molar-refractivity contribution in [3.05, 3.63) is 0 Å². The molecule has 0 amide bonds. The van der Waals surface area contributed by atoms with Crippen LogP contribution < -0.4 is 0 Å². The predicted octanol–water partition coefficient (Wildman–Crippen LogP) is 3.09. The summed E-state index contributed by atoms with van der Waals surface area (Å²) in [5, 5.41) is 0. The molecule has 0 radical (unpaired) electrons. The molecule has 1 unspecified atom stereocenters. The summed E-state index contributed by atoms with van der Waals surface area (Å²) in [6.45, 7) is 4.01. The molecule has 0 aromatic heterocycles. The first kappa shape index (κ1) is 9.17. The van der Waals surface area contributed by atoms with Crippen LogP contribution in [0, 0.1) is 16.7 Å². The summed E-state index contributed by atoms with van der Waals surface area (Å²) in [6, 6.07) is -1.08. The number of rotatable bonds is 1. The average molecular weight is 184 g/mol. The van der Waals surface area contributed by atoms with Crippen molar-refractivity contribution in [2.75, 3.05) is 0 Å². The second-order valence-corrected chi connectivity index (χ2v) is 5.45. The molecule has 0 saturated heterocycles. The predicted molar refractivity (Wildman–Crippen MR) is 48.9 cm³/mol. The molecule has 3 aliphatic rings. The Labute approximate surface area is 78.7 Å². The van der Waals surface area contributed by atoms with E-state index in [2.05, 4.69) is 6.92 Å². The fourth-order valence-corrected chi connectivity index (χ4v) is 3.39. The second kappa shape index (κ2) is 2.55. The monoisotopic (exact) mass is 184 g/mol. The molecule has 3 rings (SSSR count). The Morgan fingerprint density at radius 1 is 1.31 bits per heavy atom. The fourth-order valence-electron chi connectivity index (χ4n) is 3.39. The molecule has 0 aromatic carbocycles. The first-order valence-electron chi connectivity index (χ1n) is 5.16. The van der Waals surface area contributed by atoms with Crippen LogP contribution in [-0.2, 0) is 4.79 Å². The van der Waals surface area contributed by atoms with Crippen LogP contribution in [0.25, 0.3) is 0 Å². The van der Waals surface area contributed by atoms with Crippen molar-refractivity contribution in [3.63, 3.8) is 0 Å². The number of carbonyl (C=O) groups is 1. The smallest absolute Gasteiger partial charge is 0.261 e. The van der Waals surface area contributed by atoms with Crippen molar-refractivity contribution < 1.29 is 9.18 Å². The Morgan fingerprint density at radius 2 is 1.85 bits per heavy atom. The largest absolute Gasteiger partial charge is 0.307 e. The lowest BCUT2D eigenvalue weighted by molar-refractivity contribution is -0.154. The average Bonchev–Trinajstić information content (AvgIpc) is 2.03. The van der Waals surface area contributed by atoms with Gasteiger partial charge in [-0.3, -0.25) is 4.79 Å². The van der Waals surface area contributed by atoms with Crippen molar-refractivity contribution in [2.24, 2.45) is 16.7 Å². The molecule has 0 heterocycles. The number of hydrogen-bond acceptors (Lipinski definition) is 1. The number of hydrogen-bond donors (Lipinski definition) is 0. The van der Waals surface area contributed by atoms with Gasteiger partial charge in [-0.25, -0.2) is 0 Å². The Hall–Kier alpha value is -0.400. The summed E-state index contributed by atoms with van der Waals surface area (Å²) in [7, 11) is 0. The van der Waals surface area contributed by atoms with E-state index in [-0.39, 0.29) is 5.41 Å². The third-order valence-electron chi connectivity index (χ3n) is 4.34. The van der Waals surface area contributed by atoms with E-state index in [0.29, 0.717) is 5.92 Å². The third kappa shape index (κ3) is 1.22. The lowest BCUT2D eigenvalue weighted by Crippen LogP contribution is -2.48. The van der Waals surface area contributed by atoms with Crippen LogP contribution in [0.4, 0.5) is 4.39 Å². The Bertz CT molecular complexity index is 240. The molecule has 0 N–H and O–H groups in total. The van der Waals surface area contributed by atoms with E-state index in [1.165, 1.54) is 12.8 Å². The van der Waals surface area contributed by atoms with Crippen molar-refractivity contribution in [1.29, 1.82) is 0 Å². The van der Waals surface area contributed by atoms with Crippen molar-refractivity contribution in [1.82, 2.24) is 0 Å². The van der Waals surface area contributed by atoms with Crippen molar-refractivity contribution >= 4 is 6.04 Å². The molecular weight excluding hydrogens is 167 g/mol. The molecule has 3 saturated carbocycles. The molecule has 0 aliphatic heterocycles. The SMILES string of the molecule is CC12CCC(CC1)C(C)(C(=O)F)C2. The zero-order valence-electron chi connectivity index (χ0n) is 8.40. The summed E-state index contributed by atoms with van der Waals surface area (Å²) in [5.41, 5.74) is -0.406. The topological polar surface area (TPSA) is 17.1 Å². The van der Waals surface area contributed by atoms with E-state index in [1.807, 2.05) is 6.92 Å². The van der Waals surface area contributed by atoms with Crippen LogP contribution in [0.1, 0.15) is 46.0 Å². The highest BCUT2D eigenvalue weighted by atomic mass is 19.1. The summed E-state index contributed by atoms with van der Waals surface area (Å²) < 4.78 is 13.0. The minimum atomic E-state index is -1.08. The molecule has 2 bridgehead atoms. The summed E-state index contributed by atoms with van der Waals surface area (Å²) in [6.07, 6.45) is 5.21. The first-order chi connectivity index (χ1) is 5.96. The second-order valence-electron chi connectivity index (χ2n) is 5.45. The molecule has 3 aliphatic carbocycles. The number of carbonyl (C=O) groups excluding carboxylic acids is 1. The lowest BCUT2D eigenvalue weighted by atomic mass is 9.51. The van der Waals surface area contributed by atoms with Crippen LogP contribution in [0.5, 0.6) is 0 Å². The van der Waals surface area contributed by atoms with E-state index in [4.69, 9.17) is 0 Å². The van der Waals surface area contributed by atoms with Gasteiger partial charge in [-0.05, 0) is 50.4 Å². The highest BCUT2D eigenvalue weighted by molar-refractivity contribution is 5.76. The maximum absolute atomic E-state index is 13.0. The minimum absolute atomic E-state index is 0.241. The number of fused-ring (bicyclic) bond motifs is 3. The number of halogens is 1. The van der Waals surface area contributed by atoms with Gasteiger partial charge in [0.25, 0.3) is 0 Å². The fraction of sp³-hybridized carbons (Fsp3) is 0.909. The summed E-state index contributed by atoms with van der Waals surface area (Å²) >= 11 is 0. The zero-order valence-corrected chi connectivity index (χ0v) is 8.40. The Kier molecular flexibility index (Phi) is 1.80. The highest BCUT2D eigenvalue weighted by Gasteiger charge is 2.53. The van der Waals surface area contributed by atoms with Crippen LogP contribution >= 0.6 is 0 Å². The van der Waals surface area contributed by atoms with Gasteiger partial charge in [0.2, 0.25) is 0 Å². The van der Waals surface area contributed by atoms with Gasteiger partial charge in [-0.2, -0.15) is 4.39 Å². The third-order valence-corrected chi connectivity index (χ3v) is 4.34. The van der Waals surface area contributed by atoms with Crippen LogP contribution in [0.15, 0.2) is 0 Å². The molecule has 2 heteroatoms.